The van der Waals surface area contributed by atoms with E-state index in [2.05, 4.69) is 57.3 Å². The van der Waals surface area contributed by atoms with Gasteiger partial charge in [-0.1, -0.05) is 25.5 Å². The van der Waals surface area contributed by atoms with Gasteiger partial charge in [-0.05, 0) is 51.3 Å². The zero-order valence-electron chi connectivity index (χ0n) is 12.3. The molecule has 0 aromatic heterocycles. The highest BCUT2D eigenvalue weighted by Gasteiger charge is 2.07. The quantitative estimate of drug-likeness (QED) is 0.742. The zero-order valence-corrected chi connectivity index (χ0v) is 12.3. The molecule has 0 fully saturated rings. The molecular formula is C16H27NO. The van der Waals surface area contributed by atoms with Crippen molar-refractivity contribution >= 4 is 0 Å². The third kappa shape index (κ3) is 6.65. The Kier molecular flexibility index (Phi) is 6.20. The minimum atomic E-state index is 0.160. The van der Waals surface area contributed by atoms with Crippen LogP contribution in [0.1, 0.15) is 46.1 Å². The van der Waals surface area contributed by atoms with Crippen LogP contribution >= 0.6 is 0 Å². The summed E-state index contributed by atoms with van der Waals surface area (Å²) in [5.74, 6) is 0.964. The first-order chi connectivity index (χ1) is 8.51. The monoisotopic (exact) mass is 249 g/mol. The summed E-state index contributed by atoms with van der Waals surface area (Å²) >= 11 is 0. The molecule has 102 valence electrons. The third-order valence-corrected chi connectivity index (χ3v) is 2.77. The Hall–Kier alpha value is -1.02. The normalized spacial score (nSPS) is 11.6. The molecular weight excluding hydrogens is 222 g/mol. The molecule has 1 N–H and O–H groups in total. The fourth-order valence-electron chi connectivity index (χ4n) is 1.73. The maximum atomic E-state index is 5.70. The van der Waals surface area contributed by atoms with Crippen LogP contribution in [0.15, 0.2) is 24.3 Å². The van der Waals surface area contributed by atoms with Gasteiger partial charge in [-0.25, -0.2) is 0 Å². The molecule has 0 bridgehead atoms. The van der Waals surface area contributed by atoms with E-state index in [9.17, 15) is 0 Å². The van der Waals surface area contributed by atoms with Crippen LogP contribution in [-0.4, -0.2) is 18.7 Å². The van der Waals surface area contributed by atoms with Gasteiger partial charge in [0.2, 0.25) is 0 Å². The molecule has 0 atom stereocenters. The van der Waals surface area contributed by atoms with Crippen LogP contribution in [0.4, 0.5) is 0 Å². The fourth-order valence-corrected chi connectivity index (χ4v) is 1.73. The topological polar surface area (TPSA) is 21.3 Å². The van der Waals surface area contributed by atoms with Crippen molar-refractivity contribution in [1.82, 2.24) is 5.32 Å². The van der Waals surface area contributed by atoms with Gasteiger partial charge in [0.15, 0.2) is 0 Å². The Morgan fingerprint density at radius 1 is 1.11 bits per heavy atom. The highest BCUT2D eigenvalue weighted by molar-refractivity contribution is 5.27. The minimum absolute atomic E-state index is 0.160. The van der Waals surface area contributed by atoms with E-state index in [0.717, 1.165) is 12.3 Å². The molecule has 0 heterocycles. The Balaban J connectivity index is 2.26. The second kappa shape index (κ2) is 7.42. The number of aryl methyl sites for hydroxylation is 1. The highest BCUT2D eigenvalue weighted by atomic mass is 16.5. The molecule has 1 rings (SSSR count). The van der Waals surface area contributed by atoms with Gasteiger partial charge in [0, 0.05) is 12.1 Å². The van der Waals surface area contributed by atoms with E-state index in [1.165, 1.54) is 24.8 Å². The van der Waals surface area contributed by atoms with E-state index in [0.29, 0.717) is 6.61 Å². The van der Waals surface area contributed by atoms with E-state index in [1.54, 1.807) is 0 Å². The van der Waals surface area contributed by atoms with E-state index < -0.39 is 0 Å². The molecule has 0 spiro atoms. The fraction of sp³-hybridized carbons (Fsp3) is 0.625. The van der Waals surface area contributed by atoms with Gasteiger partial charge >= 0.3 is 0 Å². The number of nitrogens with one attached hydrogen (secondary N) is 1. The lowest BCUT2D eigenvalue weighted by Gasteiger charge is -2.20. The summed E-state index contributed by atoms with van der Waals surface area (Å²) in [5.41, 5.74) is 1.56. The van der Waals surface area contributed by atoms with Crippen molar-refractivity contribution in [1.29, 1.82) is 0 Å². The molecule has 0 amide bonds. The predicted molar refractivity (Wildman–Crippen MR) is 78.3 cm³/mol. The summed E-state index contributed by atoms with van der Waals surface area (Å²) in [6.45, 7) is 10.3. The summed E-state index contributed by atoms with van der Waals surface area (Å²) in [6.07, 6.45) is 3.68. The molecule has 0 unspecified atom stereocenters. The van der Waals surface area contributed by atoms with Gasteiger partial charge in [0.1, 0.15) is 12.4 Å². The van der Waals surface area contributed by atoms with Gasteiger partial charge < -0.3 is 10.1 Å². The molecule has 18 heavy (non-hydrogen) atoms. The summed E-state index contributed by atoms with van der Waals surface area (Å²) < 4.78 is 5.70. The molecule has 2 nitrogen and oxygen atoms in total. The SMILES string of the molecule is CCCCc1ccc(OCCNC(C)(C)C)cc1. The van der Waals surface area contributed by atoms with E-state index in [-0.39, 0.29) is 5.54 Å². The summed E-state index contributed by atoms with van der Waals surface area (Å²) in [6, 6.07) is 8.48. The van der Waals surface area contributed by atoms with Crippen molar-refractivity contribution in [2.24, 2.45) is 0 Å². The average molecular weight is 249 g/mol. The van der Waals surface area contributed by atoms with Gasteiger partial charge in [0.05, 0.1) is 0 Å². The van der Waals surface area contributed by atoms with Crippen molar-refractivity contribution in [3.8, 4) is 5.75 Å². The van der Waals surface area contributed by atoms with Crippen LogP contribution in [-0.2, 0) is 6.42 Å². The first-order valence-electron chi connectivity index (χ1n) is 6.98. The van der Waals surface area contributed by atoms with E-state index >= 15 is 0 Å². The van der Waals surface area contributed by atoms with Gasteiger partial charge in [0.25, 0.3) is 0 Å². The first-order valence-corrected chi connectivity index (χ1v) is 6.98. The minimum Gasteiger partial charge on any atom is -0.492 e. The first kappa shape index (κ1) is 15.0. The molecule has 0 radical (unpaired) electrons. The molecule has 0 saturated carbocycles. The summed E-state index contributed by atoms with van der Waals surface area (Å²) in [5, 5.41) is 3.41. The van der Waals surface area contributed by atoms with Crippen LogP contribution in [0.5, 0.6) is 5.75 Å². The van der Waals surface area contributed by atoms with Crippen molar-refractivity contribution in [3.63, 3.8) is 0 Å². The van der Waals surface area contributed by atoms with Crippen LogP contribution < -0.4 is 10.1 Å². The second-order valence-corrected chi connectivity index (χ2v) is 5.77. The average Bonchev–Trinajstić information content (AvgIpc) is 2.32. The smallest absolute Gasteiger partial charge is 0.119 e. The molecule has 2 heteroatoms. The van der Waals surface area contributed by atoms with Gasteiger partial charge in [-0.3, -0.25) is 0 Å². The molecule has 1 aromatic carbocycles. The molecule has 0 saturated heterocycles. The number of rotatable bonds is 7. The Morgan fingerprint density at radius 3 is 2.33 bits per heavy atom. The van der Waals surface area contributed by atoms with Crippen LogP contribution in [0.2, 0.25) is 0 Å². The van der Waals surface area contributed by atoms with Gasteiger partial charge in [-0.15, -0.1) is 0 Å². The predicted octanol–water partition coefficient (Wildman–Crippen LogP) is 3.80. The molecule has 1 aromatic rings. The number of ether oxygens (including phenoxy) is 1. The Morgan fingerprint density at radius 2 is 1.78 bits per heavy atom. The number of unbranched alkanes of at least 4 members (excludes halogenated alkanes) is 1. The second-order valence-electron chi connectivity index (χ2n) is 5.77. The summed E-state index contributed by atoms with van der Waals surface area (Å²) in [7, 11) is 0. The van der Waals surface area contributed by atoms with Crippen molar-refractivity contribution in [2.45, 2.75) is 52.5 Å². The lowest BCUT2D eigenvalue weighted by molar-refractivity contribution is 0.291. The molecule has 0 aliphatic rings. The summed E-state index contributed by atoms with van der Waals surface area (Å²) in [4.78, 5) is 0. The van der Waals surface area contributed by atoms with Crippen LogP contribution in [0.3, 0.4) is 0 Å². The maximum Gasteiger partial charge on any atom is 0.119 e. The largest absolute Gasteiger partial charge is 0.492 e. The van der Waals surface area contributed by atoms with Crippen molar-refractivity contribution in [2.75, 3.05) is 13.2 Å². The number of hydrogen-bond acceptors (Lipinski definition) is 2. The lowest BCUT2D eigenvalue weighted by atomic mass is 10.1. The lowest BCUT2D eigenvalue weighted by Crippen LogP contribution is -2.38. The Bertz CT molecular complexity index is 324. The highest BCUT2D eigenvalue weighted by Crippen LogP contribution is 2.13. The van der Waals surface area contributed by atoms with E-state index in [1.807, 2.05) is 0 Å². The van der Waals surface area contributed by atoms with Crippen LogP contribution in [0.25, 0.3) is 0 Å². The third-order valence-electron chi connectivity index (χ3n) is 2.77. The number of benzene rings is 1. The van der Waals surface area contributed by atoms with Gasteiger partial charge in [-0.2, -0.15) is 0 Å². The number of hydrogen-bond donors (Lipinski definition) is 1. The maximum absolute atomic E-state index is 5.70. The van der Waals surface area contributed by atoms with Crippen molar-refractivity contribution in [3.05, 3.63) is 29.8 Å². The standard InChI is InChI=1S/C16H27NO/c1-5-6-7-14-8-10-15(11-9-14)18-13-12-17-16(2,3)4/h8-11,17H,5-7,12-13H2,1-4H3. The van der Waals surface area contributed by atoms with Crippen molar-refractivity contribution < 1.29 is 4.74 Å². The van der Waals surface area contributed by atoms with Crippen LogP contribution in [0, 0.1) is 0 Å². The zero-order chi connectivity index (χ0) is 13.4. The molecule has 0 aliphatic heterocycles. The molecule has 0 aliphatic carbocycles. The van der Waals surface area contributed by atoms with E-state index in [4.69, 9.17) is 4.74 Å². The Labute approximate surface area is 112 Å².